The highest BCUT2D eigenvalue weighted by atomic mass is 127. The molecule has 0 fully saturated rings. The number of ether oxygens (including phenoxy) is 1. The first-order chi connectivity index (χ1) is 13.7. The Hall–Kier alpha value is -1.80. The van der Waals surface area contributed by atoms with Gasteiger partial charge in [0.15, 0.2) is 5.96 Å². The molecule has 0 aliphatic rings. The van der Waals surface area contributed by atoms with Gasteiger partial charge >= 0.3 is 0 Å². The molecule has 0 aliphatic carbocycles. The third-order valence-corrected chi connectivity index (χ3v) is 4.45. The molecule has 2 rings (SSSR count). The van der Waals surface area contributed by atoms with Gasteiger partial charge in [0.1, 0.15) is 0 Å². The first-order valence-electron chi connectivity index (χ1n) is 10.1. The molecule has 0 saturated carbocycles. The first-order valence-corrected chi connectivity index (χ1v) is 10.1. The van der Waals surface area contributed by atoms with Crippen LogP contribution in [0.3, 0.4) is 0 Å². The van der Waals surface area contributed by atoms with E-state index < -0.39 is 0 Å². The monoisotopic (exact) mass is 510 g/mol. The lowest BCUT2D eigenvalue weighted by Gasteiger charge is -2.18. The smallest absolute Gasteiger partial charge is 0.191 e. The van der Waals surface area contributed by atoms with Crippen LogP contribution >= 0.6 is 24.0 Å². The lowest BCUT2D eigenvalue weighted by atomic mass is 10.1. The summed E-state index contributed by atoms with van der Waals surface area (Å²) < 4.78 is 5.06. The predicted octanol–water partition coefficient (Wildman–Crippen LogP) is 4.44. The number of aryl methyl sites for hydroxylation is 1. The van der Waals surface area contributed by atoms with E-state index in [0.29, 0.717) is 19.2 Å². The Morgan fingerprint density at radius 2 is 1.76 bits per heavy atom. The van der Waals surface area contributed by atoms with Crippen molar-refractivity contribution < 1.29 is 4.74 Å². The summed E-state index contributed by atoms with van der Waals surface area (Å²) >= 11 is 0. The van der Waals surface area contributed by atoms with Crippen molar-refractivity contribution in [2.45, 2.75) is 39.3 Å². The normalized spacial score (nSPS) is 12.0. The topological polar surface area (TPSA) is 57.7 Å². The zero-order valence-corrected chi connectivity index (χ0v) is 20.1. The van der Waals surface area contributed by atoms with Crippen molar-refractivity contribution in [3.05, 3.63) is 65.7 Å². The van der Waals surface area contributed by atoms with Gasteiger partial charge in [-0.1, -0.05) is 42.5 Å². The summed E-state index contributed by atoms with van der Waals surface area (Å²) in [6.45, 7) is 7.30. The summed E-state index contributed by atoms with van der Waals surface area (Å²) in [7, 11) is 1.71. The van der Waals surface area contributed by atoms with Crippen LogP contribution < -0.4 is 16.0 Å². The molecule has 160 valence electrons. The minimum Gasteiger partial charge on any atom is -0.383 e. The highest BCUT2D eigenvalue weighted by Crippen LogP contribution is 2.10. The maximum atomic E-state index is 5.06. The highest BCUT2D eigenvalue weighted by Gasteiger charge is 2.06. The van der Waals surface area contributed by atoms with Crippen LogP contribution in [0.25, 0.3) is 0 Å². The Kier molecular flexibility index (Phi) is 13.1. The maximum absolute atomic E-state index is 5.06. The van der Waals surface area contributed by atoms with Crippen molar-refractivity contribution in [3.63, 3.8) is 0 Å². The number of guanidine groups is 1. The third kappa shape index (κ3) is 10.5. The third-order valence-electron chi connectivity index (χ3n) is 4.45. The minimum atomic E-state index is 0. The van der Waals surface area contributed by atoms with Crippen LogP contribution in [-0.2, 0) is 17.7 Å². The second-order valence-electron chi connectivity index (χ2n) is 6.88. The van der Waals surface area contributed by atoms with Crippen molar-refractivity contribution in [3.8, 4) is 0 Å². The van der Waals surface area contributed by atoms with E-state index in [1.807, 2.05) is 0 Å². The standard InChI is InChI=1S/C23H34N4O.HI/c1-4-24-23(27-19(2)10-11-20-8-6-5-7-9-20)26-18-21-12-14-22(15-13-21)25-16-17-28-3;/h5-9,12-15,19,25H,4,10-11,16-18H2,1-3H3,(H2,24,26,27);1H. The summed E-state index contributed by atoms with van der Waals surface area (Å²) in [5.74, 6) is 0.866. The van der Waals surface area contributed by atoms with Crippen molar-refractivity contribution in [1.29, 1.82) is 0 Å². The largest absolute Gasteiger partial charge is 0.383 e. The van der Waals surface area contributed by atoms with E-state index in [2.05, 4.69) is 84.4 Å². The molecule has 0 bridgehead atoms. The number of anilines is 1. The molecule has 0 radical (unpaired) electrons. The zero-order valence-electron chi connectivity index (χ0n) is 17.8. The molecule has 0 saturated heterocycles. The fraction of sp³-hybridized carbons (Fsp3) is 0.435. The lowest BCUT2D eigenvalue weighted by Crippen LogP contribution is -2.42. The van der Waals surface area contributed by atoms with Crippen molar-refractivity contribution in [2.75, 3.05) is 32.1 Å². The Bertz CT molecular complexity index is 692. The molecule has 2 aromatic carbocycles. The Balaban J connectivity index is 0.00000420. The van der Waals surface area contributed by atoms with Gasteiger partial charge in [-0.2, -0.15) is 0 Å². The predicted molar refractivity (Wildman–Crippen MR) is 134 cm³/mol. The van der Waals surface area contributed by atoms with Crippen LogP contribution in [0, 0.1) is 0 Å². The summed E-state index contributed by atoms with van der Waals surface area (Å²) in [5.41, 5.74) is 3.66. The fourth-order valence-electron chi connectivity index (χ4n) is 2.85. The number of methoxy groups -OCH3 is 1. The van der Waals surface area contributed by atoms with Crippen molar-refractivity contribution >= 4 is 35.6 Å². The number of benzene rings is 2. The van der Waals surface area contributed by atoms with Crippen molar-refractivity contribution in [1.82, 2.24) is 10.6 Å². The summed E-state index contributed by atoms with van der Waals surface area (Å²) in [4.78, 5) is 4.74. The van der Waals surface area contributed by atoms with E-state index >= 15 is 0 Å². The molecule has 0 amide bonds. The van der Waals surface area contributed by atoms with E-state index in [1.165, 1.54) is 11.1 Å². The average Bonchev–Trinajstić information content (AvgIpc) is 2.72. The van der Waals surface area contributed by atoms with Crippen LogP contribution in [0.2, 0.25) is 0 Å². The Labute approximate surface area is 192 Å². The van der Waals surface area contributed by atoms with Crippen LogP contribution in [0.4, 0.5) is 5.69 Å². The van der Waals surface area contributed by atoms with Gasteiger partial charge in [0, 0.05) is 31.9 Å². The second kappa shape index (κ2) is 15.1. The first kappa shape index (κ1) is 25.2. The second-order valence-corrected chi connectivity index (χ2v) is 6.88. The number of hydrogen-bond acceptors (Lipinski definition) is 3. The average molecular weight is 510 g/mol. The molecule has 5 nitrogen and oxygen atoms in total. The molecule has 1 unspecified atom stereocenters. The summed E-state index contributed by atoms with van der Waals surface area (Å²) in [6.07, 6.45) is 2.13. The SMILES string of the molecule is CCNC(=NCc1ccc(NCCOC)cc1)NC(C)CCc1ccccc1.I. The van der Waals surface area contributed by atoms with Gasteiger partial charge in [-0.25, -0.2) is 4.99 Å². The molecule has 0 aromatic heterocycles. The quantitative estimate of drug-likeness (QED) is 0.181. The fourth-order valence-corrected chi connectivity index (χ4v) is 2.85. The van der Waals surface area contributed by atoms with E-state index in [-0.39, 0.29) is 24.0 Å². The van der Waals surface area contributed by atoms with Gasteiger partial charge in [-0.05, 0) is 49.9 Å². The van der Waals surface area contributed by atoms with E-state index in [1.54, 1.807) is 7.11 Å². The van der Waals surface area contributed by atoms with Gasteiger partial charge in [0.05, 0.1) is 13.2 Å². The van der Waals surface area contributed by atoms with Crippen LogP contribution in [-0.4, -0.2) is 38.8 Å². The van der Waals surface area contributed by atoms with E-state index in [9.17, 15) is 0 Å². The molecule has 0 aliphatic heterocycles. The van der Waals surface area contributed by atoms with Gasteiger partial charge in [0.25, 0.3) is 0 Å². The number of rotatable bonds is 11. The molecule has 29 heavy (non-hydrogen) atoms. The Morgan fingerprint density at radius 1 is 1.03 bits per heavy atom. The molecule has 0 spiro atoms. The summed E-state index contributed by atoms with van der Waals surface area (Å²) in [5, 5.41) is 10.2. The van der Waals surface area contributed by atoms with Gasteiger partial charge < -0.3 is 20.7 Å². The molecule has 0 heterocycles. The lowest BCUT2D eigenvalue weighted by molar-refractivity contribution is 0.211. The zero-order chi connectivity index (χ0) is 20.0. The number of nitrogens with zero attached hydrogens (tertiary/aromatic N) is 1. The van der Waals surface area contributed by atoms with Crippen LogP contribution in [0.15, 0.2) is 59.6 Å². The number of aliphatic imine (C=N–C) groups is 1. The van der Waals surface area contributed by atoms with E-state index in [0.717, 1.165) is 37.6 Å². The number of nitrogens with one attached hydrogen (secondary N) is 3. The molecular weight excluding hydrogens is 475 g/mol. The summed E-state index contributed by atoms with van der Waals surface area (Å²) in [6, 6.07) is 19.4. The number of halogens is 1. The number of hydrogen-bond donors (Lipinski definition) is 3. The van der Waals surface area contributed by atoms with Gasteiger partial charge in [-0.3, -0.25) is 0 Å². The van der Waals surface area contributed by atoms with Gasteiger partial charge in [0.2, 0.25) is 0 Å². The highest BCUT2D eigenvalue weighted by molar-refractivity contribution is 14.0. The molecular formula is C23H35IN4O. The minimum absolute atomic E-state index is 0. The Morgan fingerprint density at radius 3 is 2.41 bits per heavy atom. The van der Waals surface area contributed by atoms with Gasteiger partial charge in [-0.15, -0.1) is 24.0 Å². The molecule has 2 aromatic rings. The van der Waals surface area contributed by atoms with Crippen molar-refractivity contribution in [2.24, 2.45) is 4.99 Å². The van der Waals surface area contributed by atoms with Crippen LogP contribution in [0.1, 0.15) is 31.4 Å². The van der Waals surface area contributed by atoms with E-state index in [4.69, 9.17) is 9.73 Å². The molecule has 6 heteroatoms. The van der Waals surface area contributed by atoms with Crippen LogP contribution in [0.5, 0.6) is 0 Å². The maximum Gasteiger partial charge on any atom is 0.191 e. The molecule has 3 N–H and O–H groups in total. The molecule has 1 atom stereocenters.